The van der Waals surface area contributed by atoms with Gasteiger partial charge in [-0.1, -0.05) is 36.9 Å². The van der Waals surface area contributed by atoms with Crippen molar-refractivity contribution in [3.63, 3.8) is 0 Å². The van der Waals surface area contributed by atoms with Crippen LogP contribution in [0.2, 0.25) is 0 Å². The zero-order valence-corrected chi connectivity index (χ0v) is 14.5. The molecule has 0 saturated carbocycles. The predicted molar refractivity (Wildman–Crippen MR) is 99.2 cm³/mol. The molecule has 3 aromatic heterocycles. The van der Waals surface area contributed by atoms with Crippen LogP contribution in [0.1, 0.15) is 18.9 Å². The number of hydrogen-bond donors (Lipinski definition) is 0. The van der Waals surface area contributed by atoms with Crippen LogP contribution in [0.5, 0.6) is 0 Å². The number of nitrogens with zero attached hydrogens (tertiary/aromatic N) is 3. The highest BCUT2D eigenvalue weighted by atomic mass is 32.2. The first kappa shape index (κ1) is 14.7. The fourth-order valence-corrected chi connectivity index (χ4v) is 4.81. The molecule has 0 aliphatic carbocycles. The Kier molecular flexibility index (Phi) is 4.06. The van der Waals surface area contributed by atoms with Gasteiger partial charge >= 0.3 is 0 Å². The van der Waals surface area contributed by atoms with Crippen LogP contribution < -0.4 is 0 Å². The molecule has 0 bridgehead atoms. The molecular weight excluding hydrogens is 322 g/mol. The van der Waals surface area contributed by atoms with E-state index in [1.165, 1.54) is 21.2 Å². The molecule has 0 unspecified atom stereocenters. The van der Waals surface area contributed by atoms with Crippen molar-refractivity contribution >= 4 is 44.2 Å². The number of imidazole rings is 1. The van der Waals surface area contributed by atoms with Gasteiger partial charge in [-0.15, -0.1) is 11.3 Å². The number of pyridine rings is 1. The Bertz CT molecular complexity index is 955. The second-order valence-corrected chi connectivity index (χ2v) is 7.34. The first-order valence-corrected chi connectivity index (χ1v) is 9.61. The minimum absolute atomic E-state index is 0.927. The molecule has 0 radical (unpaired) electrons. The van der Waals surface area contributed by atoms with Gasteiger partial charge in [0.25, 0.3) is 0 Å². The fourth-order valence-electron chi connectivity index (χ4n) is 2.78. The summed E-state index contributed by atoms with van der Waals surface area (Å²) in [6.07, 6.45) is 4.93. The summed E-state index contributed by atoms with van der Waals surface area (Å²) in [4.78, 5) is 9.13. The Morgan fingerprint density at radius 3 is 3.00 bits per heavy atom. The van der Waals surface area contributed by atoms with Crippen LogP contribution in [0.25, 0.3) is 21.1 Å². The van der Waals surface area contributed by atoms with E-state index in [4.69, 9.17) is 0 Å². The Morgan fingerprint density at radius 2 is 2.09 bits per heavy atom. The summed E-state index contributed by atoms with van der Waals surface area (Å²) >= 11 is 3.58. The van der Waals surface area contributed by atoms with Crippen LogP contribution in [0.3, 0.4) is 0 Å². The average molecular weight is 339 g/mol. The van der Waals surface area contributed by atoms with Gasteiger partial charge in [0.15, 0.2) is 0 Å². The molecule has 116 valence electrons. The van der Waals surface area contributed by atoms with E-state index in [1.807, 2.05) is 23.9 Å². The largest absolute Gasteiger partial charge is 0.330 e. The fraction of sp³-hybridized carbons (Fsp3) is 0.222. The minimum atomic E-state index is 0.927. The molecule has 4 rings (SSSR count). The van der Waals surface area contributed by atoms with Crippen LogP contribution in [0, 0.1) is 0 Å². The van der Waals surface area contributed by atoms with E-state index in [0.717, 1.165) is 29.3 Å². The van der Waals surface area contributed by atoms with E-state index in [1.54, 1.807) is 11.8 Å². The van der Waals surface area contributed by atoms with Gasteiger partial charge in [0.1, 0.15) is 10.5 Å². The molecule has 3 nitrogen and oxygen atoms in total. The number of thiophene rings is 1. The lowest BCUT2D eigenvalue weighted by Crippen LogP contribution is -1.94. The van der Waals surface area contributed by atoms with Gasteiger partial charge in [0.05, 0.1) is 11.8 Å². The first-order chi connectivity index (χ1) is 11.4. The Balaban J connectivity index is 1.63. The number of aromatic nitrogens is 3. The van der Waals surface area contributed by atoms with Gasteiger partial charge in [0, 0.05) is 23.2 Å². The molecule has 4 aromatic rings. The number of rotatable bonds is 5. The van der Waals surface area contributed by atoms with Gasteiger partial charge in [-0.2, -0.15) is 0 Å². The van der Waals surface area contributed by atoms with Gasteiger partial charge in [0.2, 0.25) is 0 Å². The standard InChI is InChI=1S/C18H17N3S2/c1-2-9-21-12-20-17-15(21)7-8-19-18(17)23-11-13-10-22-16-6-4-3-5-14(13)16/h3-8,10,12H,2,9,11H2,1H3. The average Bonchev–Trinajstić information content (AvgIpc) is 3.18. The third-order valence-corrected chi connectivity index (χ3v) is 5.93. The maximum atomic E-state index is 4.58. The molecule has 0 N–H and O–H groups in total. The van der Waals surface area contributed by atoms with Crippen molar-refractivity contribution in [3.05, 3.63) is 53.8 Å². The van der Waals surface area contributed by atoms with E-state index >= 15 is 0 Å². The normalized spacial score (nSPS) is 11.5. The topological polar surface area (TPSA) is 30.7 Å². The molecule has 0 aliphatic rings. The van der Waals surface area contributed by atoms with E-state index in [0.29, 0.717) is 0 Å². The Labute approximate surface area is 143 Å². The summed E-state index contributed by atoms with van der Waals surface area (Å²) < 4.78 is 3.56. The summed E-state index contributed by atoms with van der Waals surface area (Å²) in [5.41, 5.74) is 3.58. The zero-order valence-electron chi connectivity index (χ0n) is 12.9. The highest BCUT2D eigenvalue weighted by molar-refractivity contribution is 7.98. The van der Waals surface area contributed by atoms with E-state index in [2.05, 4.69) is 57.2 Å². The second kappa shape index (κ2) is 6.34. The molecular formula is C18H17N3S2. The van der Waals surface area contributed by atoms with Crippen LogP contribution in [-0.4, -0.2) is 14.5 Å². The third-order valence-electron chi connectivity index (χ3n) is 3.90. The lowest BCUT2D eigenvalue weighted by atomic mass is 10.2. The molecule has 5 heteroatoms. The van der Waals surface area contributed by atoms with Gasteiger partial charge in [-0.3, -0.25) is 0 Å². The van der Waals surface area contributed by atoms with Gasteiger partial charge < -0.3 is 4.57 Å². The van der Waals surface area contributed by atoms with Crippen molar-refractivity contribution in [2.24, 2.45) is 0 Å². The summed E-state index contributed by atoms with van der Waals surface area (Å²) in [5, 5.41) is 4.63. The molecule has 23 heavy (non-hydrogen) atoms. The summed E-state index contributed by atoms with van der Waals surface area (Å²) in [6, 6.07) is 10.6. The lowest BCUT2D eigenvalue weighted by Gasteiger charge is -2.04. The van der Waals surface area contributed by atoms with Gasteiger partial charge in [-0.25, -0.2) is 9.97 Å². The Morgan fingerprint density at radius 1 is 1.17 bits per heavy atom. The van der Waals surface area contributed by atoms with Crippen LogP contribution in [0.15, 0.2) is 53.3 Å². The van der Waals surface area contributed by atoms with Crippen molar-refractivity contribution in [2.75, 3.05) is 0 Å². The lowest BCUT2D eigenvalue weighted by molar-refractivity contribution is 0.697. The van der Waals surface area contributed by atoms with Crippen LogP contribution in [0.4, 0.5) is 0 Å². The Hall–Kier alpha value is -1.85. The number of thioether (sulfide) groups is 1. The third kappa shape index (κ3) is 2.75. The van der Waals surface area contributed by atoms with E-state index in [9.17, 15) is 0 Å². The molecule has 3 heterocycles. The number of hydrogen-bond acceptors (Lipinski definition) is 4. The first-order valence-electron chi connectivity index (χ1n) is 7.74. The highest BCUT2D eigenvalue weighted by Gasteiger charge is 2.10. The van der Waals surface area contributed by atoms with E-state index < -0.39 is 0 Å². The molecule has 0 spiro atoms. The predicted octanol–water partition coefficient (Wildman–Crippen LogP) is 5.35. The zero-order chi connectivity index (χ0) is 15.6. The second-order valence-electron chi connectivity index (χ2n) is 5.47. The van der Waals surface area contributed by atoms with Crippen molar-refractivity contribution < 1.29 is 0 Å². The van der Waals surface area contributed by atoms with Crippen molar-refractivity contribution in [3.8, 4) is 0 Å². The van der Waals surface area contributed by atoms with E-state index in [-0.39, 0.29) is 0 Å². The monoisotopic (exact) mass is 339 g/mol. The minimum Gasteiger partial charge on any atom is -0.330 e. The maximum Gasteiger partial charge on any atom is 0.124 e. The van der Waals surface area contributed by atoms with Crippen molar-refractivity contribution in [1.82, 2.24) is 14.5 Å². The smallest absolute Gasteiger partial charge is 0.124 e. The van der Waals surface area contributed by atoms with Gasteiger partial charge in [-0.05, 0) is 34.9 Å². The molecule has 0 fully saturated rings. The number of fused-ring (bicyclic) bond motifs is 2. The quantitative estimate of drug-likeness (QED) is 0.459. The molecule has 0 aliphatic heterocycles. The summed E-state index contributed by atoms with van der Waals surface area (Å²) in [6.45, 7) is 3.18. The van der Waals surface area contributed by atoms with Crippen LogP contribution in [-0.2, 0) is 12.3 Å². The van der Waals surface area contributed by atoms with Crippen molar-refractivity contribution in [1.29, 1.82) is 0 Å². The molecule has 0 amide bonds. The maximum absolute atomic E-state index is 4.58. The molecule has 0 saturated heterocycles. The van der Waals surface area contributed by atoms with Crippen LogP contribution >= 0.6 is 23.1 Å². The summed E-state index contributed by atoms with van der Waals surface area (Å²) in [7, 11) is 0. The highest BCUT2D eigenvalue weighted by Crippen LogP contribution is 2.32. The molecule has 1 aromatic carbocycles. The van der Waals surface area contributed by atoms with Crippen molar-refractivity contribution in [2.45, 2.75) is 30.7 Å². The SMILES string of the molecule is CCCn1cnc2c(SCc3csc4ccccc34)nccc21. The number of benzene rings is 1. The summed E-state index contributed by atoms with van der Waals surface area (Å²) in [5.74, 6) is 0.927. The number of aryl methyl sites for hydroxylation is 1. The molecule has 0 atom stereocenters.